The first-order valence-electron chi connectivity index (χ1n) is 8.94. The molecule has 0 fully saturated rings. The molecule has 0 bridgehead atoms. The van der Waals surface area contributed by atoms with E-state index < -0.39 is 0 Å². The van der Waals surface area contributed by atoms with E-state index in [0.717, 1.165) is 4.47 Å². The first kappa shape index (κ1) is 20.8. The summed E-state index contributed by atoms with van der Waals surface area (Å²) in [6.45, 7) is 0.0867. The molecule has 152 valence electrons. The van der Waals surface area contributed by atoms with Crippen molar-refractivity contribution in [3.05, 3.63) is 91.0 Å². The minimum atomic E-state index is -0.260. The minimum absolute atomic E-state index is 0.0867. The summed E-state index contributed by atoms with van der Waals surface area (Å²) in [6, 6.07) is 17.6. The average Bonchev–Trinajstić information content (AvgIpc) is 2.74. The Balaban J connectivity index is 1.84. The Kier molecular flexibility index (Phi) is 6.04. The summed E-state index contributed by atoms with van der Waals surface area (Å²) in [5, 5.41) is 1.42. The van der Waals surface area contributed by atoms with E-state index >= 15 is 0 Å². The van der Waals surface area contributed by atoms with Gasteiger partial charge in [0.05, 0.1) is 17.0 Å². The van der Waals surface area contributed by atoms with Crippen LogP contribution in [0.1, 0.15) is 5.56 Å². The van der Waals surface area contributed by atoms with E-state index in [1.807, 2.05) is 12.1 Å². The van der Waals surface area contributed by atoms with Crippen LogP contribution in [0.5, 0.6) is 11.5 Å². The van der Waals surface area contributed by atoms with Crippen molar-refractivity contribution in [2.45, 2.75) is 6.61 Å². The SMILES string of the molecule is COc1ccc(-c2oc3ccccc3c(=O)c2OCc2ccc(Cl)cc2Cl)cc1Br. The molecule has 0 aliphatic rings. The van der Waals surface area contributed by atoms with E-state index in [-0.39, 0.29) is 17.8 Å². The van der Waals surface area contributed by atoms with Crippen LogP contribution in [0.2, 0.25) is 10.0 Å². The third-order valence-corrected chi connectivity index (χ3v) is 5.76. The molecule has 4 rings (SSSR count). The Morgan fingerprint density at radius 3 is 2.57 bits per heavy atom. The zero-order valence-electron chi connectivity index (χ0n) is 15.7. The lowest BCUT2D eigenvalue weighted by Gasteiger charge is -2.13. The largest absolute Gasteiger partial charge is 0.496 e. The van der Waals surface area contributed by atoms with Gasteiger partial charge in [0.1, 0.15) is 17.9 Å². The van der Waals surface area contributed by atoms with E-state index in [1.54, 1.807) is 55.6 Å². The summed E-state index contributed by atoms with van der Waals surface area (Å²) in [7, 11) is 1.58. The molecule has 30 heavy (non-hydrogen) atoms. The maximum atomic E-state index is 13.2. The van der Waals surface area contributed by atoms with Crippen molar-refractivity contribution in [3.63, 3.8) is 0 Å². The van der Waals surface area contributed by atoms with Crippen LogP contribution < -0.4 is 14.9 Å². The van der Waals surface area contributed by atoms with Gasteiger partial charge in [-0.25, -0.2) is 0 Å². The van der Waals surface area contributed by atoms with Crippen LogP contribution in [-0.4, -0.2) is 7.11 Å². The van der Waals surface area contributed by atoms with Crippen molar-refractivity contribution >= 4 is 50.1 Å². The van der Waals surface area contributed by atoms with E-state index in [4.69, 9.17) is 37.1 Å². The average molecular weight is 506 g/mol. The first-order chi connectivity index (χ1) is 14.5. The number of hydrogen-bond donors (Lipinski definition) is 0. The normalized spacial score (nSPS) is 10.9. The van der Waals surface area contributed by atoms with Crippen LogP contribution in [0.25, 0.3) is 22.3 Å². The van der Waals surface area contributed by atoms with Gasteiger partial charge in [-0.2, -0.15) is 0 Å². The van der Waals surface area contributed by atoms with Crippen molar-refractivity contribution in [2.75, 3.05) is 7.11 Å². The van der Waals surface area contributed by atoms with Gasteiger partial charge in [0.25, 0.3) is 0 Å². The maximum absolute atomic E-state index is 13.2. The molecule has 1 aromatic heterocycles. The summed E-state index contributed by atoms with van der Waals surface area (Å²) < 4.78 is 18.1. The van der Waals surface area contributed by atoms with Crippen molar-refractivity contribution < 1.29 is 13.9 Å². The molecule has 0 saturated heterocycles. The van der Waals surface area contributed by atoms with Gasteiger partial charge in [-0.05, 0) is 58.4 Å². The van der Waals surface area contributed by atoms with E-state index in [9.17, 15) is 4.79 Å². The zero-order chi connectivity index (χ0) is 21.3. The Hall–Kier alpha value is -2.47. The highest BCUT2D eigenvalue weighted by Crippen LogP contribution is 2.36. The zero-order valence-corrected chi connectivity index (χ0v) is 18.8. The molecule has 0 aliphatic heterocycles. The van der Waals surface area contributed by atoms with Crippen LogP contribution in [0.15, 0.2) is 74.3 Å². The number of benzene rings is 3. The van der Waals surface area contributed by atoms with Gasteiger partial charge in [0.2, 0.25) is 11.2 Å². The van der Waals surface area contributed by atoms with Crippen LogP contribution in [0.3, 0.4) is 0 Å². The van der Waals surface area contributed by atoms with Crippen LogP contribution in [0, 0.1) is 0 Å². The lowest BCUT2D eigenvalue weighted by molar-refractivity contribution is 0.298. The predicted octanol–water partition coefficient (Wildman–Crippen LogP) is 7.12. The number of halogens is 3. The van der Waals surface area contributed by atoms with Gasteiger partial charge in [-0.1, -0.05) is 41.4 Å². The number of ether oxygens (including phenoxy) is 2. The fourth-order valence-electron chi connectivity index (χ4n) is 3.04. The number of rotatable bonds is 5. The van der Waals surface area contributed by atoms with Crippen molar-refractivity contribution in [3.8, 4) is 22.8 Å². The van der Waals surface area contributed by atoms with E-state index in [2.05, 4.69) is 15.9 Å². The van der Waals surface area contributed by atoms with Gasteiger partial charge in [-0.3, -0.25) is 4.79 Å². The molecule has 1 heterocycles. The highest BCUT2D eigenvalue weighted by atomic mass is 79.9. The summed E-state index contributed by atoms with van der Waals surface area (Å²) in [6.07, 6.45) is 0. The fraction of sp³-hybridized carbons (Fsp3) is 0.0870. The molecule has 0 N–H and O–H groups in total. The molecular formula is C23H15BrCl2O4. The number of fused-ring (bicyclic) bond motifs is 1. The maximum Gasteiger partial charge on any atom is 0.235 e. The molecule has 4 nitrogen and oxygen atoms in total. The van der Waals surface area contributed by atoms with Gasteiger partial charge >= 0.3 is 0 Å². The molecular weight excluding hydrogens is 491 g/mol. The molecule has 4 aromatic rings. The van der Waals surface area contributed by atoms with Gasteiger partial charge in [0.15, 0.2) is 5.76 Å². The third kappa shape index (κ3) is 4.06. The van der Waals surface area contributed by atoms with Crippen LogP contribution in [0.4, 0.5) is 0 Å². The summed E-state index contributed by atoms with van der Waals surface area (Å²) in [5.41, 5.74) is 1.59. The molecule has 0 atom stereocenters. The molecule has 7 heteroatoms. The topological polar surface area (TPSA) is 48.7 Å². The Labute approximate surface area is 191 Å². The number of hydrogen-bond acceptors (Lipinski definition) is 4. The predicted molar refractivity (Wildman–Crippen MR) is 123 cm³/mol. The molecule has 0 aliphatic carbocycles. The van der Waals surface area contributed by atoms with Crippen LogP contribution in [-0.2, 0) is 6.61 Å². The summed E-state index contributed by atoms with van der Waals surface area (Å²) in [5.74, 6) is 1.10. The molecule has 0 radical (unpaired) electrons. The second-order valence-electron chi connectivity index (χ2n) is 6.46. The van der Waals surface area contributed by atoms with Crippen LogP contribution >= 0.6 is 39.1 Å². The van der Waals surface area contributed by atoms with E-state index in [0.29, 0.717) is 43.7 Å². The van der Waals surface area contributed by atoms with Crippen molar-refractivity contribution in [1.82, 2.24) is 0 Å². The fourth-order valence-corrected chi connectivity index (χ4v) is 4.05. The second kappa shape index (κ2) is 8.72. The van der Waals surface area contributed by atoms with Gasteiger partial charge < -0.3 is 13.9 Å². The molecule has 0 amide bonds. The van der Waals surface area contributed by atoms with Gasteiger partial charge in [0, 0.05) is 21.2 Å². The lowest BCUT2D eigenvalue weighted by Crippen LogP contribution is -2.10. The Morgan fingerprint density at radius 2 is 1.83 bits per heavy atom. The standard InChI is InChI=1S/C23H15BrCl2O4/c1-28-20-9-7-13(10-17(20)24)22-23(21(27)16-4-2-3-5-19(16)30-22)29-12-14-6-8-15(25)11-18(14)26/h2-11H,12H2,1H3. The quantitative estimate of drug-likeness (QED) is 0.290. The van der Waals surface area contributed by atoms with Crippen molar-refractivity contribution in [2.24, 2.45) is 0 Å². The highest BCUT2D eigenvalue weighted by molar-refractivity contribution is 9.10. The molecule has 0 saturated carbocycles. The molecule has 3 aromatic carbocycles. The van der Waals surface area contributed by atoms with Gasteiger partial charge in [-0.15, -0.1) is 0 Å². The third-order valence-electron chi connectivity index (χ3n) is 4.56. The lowest BCUT2D eigenvalue weighted by atomic mass is 10.1. The monoisotopic (exact) mass is 504 g/mol. The van der Waals surface area contributed by atoms with E-state index in [1.165, 1.54) is 0 Å². The molecule has 0 unspecified atom stereocenters. The first-order valence-corrected chi connectivity index (χ1v) is 10.5. The number of para-hydroxylation sites is 1. The number of methoxy groups -OCH3 is 1. The Morgan fingerprint density at radius 1 is 1.03 bits per heavy atom. The summed E-state index contributed by atoms with van der Waals surface area (Å²) >= 11 is 15.7. The van der Waals surface area contributed by atoms with Crippen molar-refractivity contribution in [1.29, 1.82) is 0 Å². The Bertz CT molecular complexity index is 1300. The second-order valence-corrected chi connectivity index (χ2v) is 8.16. The molecule has 0 spiro atoms. The summed E-state index contributed by atoms with van der Waals surface area (Å²) in [4.78, 5) is 13.2. The smallest absolute Gasteiger partial charge is 0.235 e. The minimum Gasteiger partial charge on any atom is -0.496 e. The highest BCUT2D eigenvalue weighted by Gasteiger charge is 2.19.